The van der Waals surface area contributed by atoms with Gasteiger partial charge in [0, 0.05) is 12.8 Å². The van der Waals surface area contributed by atoms with E-state index in [1.54, 1.807) is 0 Å². The second-order valence-corrected chi connectivity index (χ2v) is 5.26. The smallest absolute Gasteiger partial charge is 0.248 e. The lowest BCUT2D eigenvalue weighted by molar-refractivity contribution is -0.118. The molecular formula is C13H18F2N4O. The quantitative estimate of drug-likeness (QED) is 0.885. The van der Waals surface area contributed by atoms with Crippen molar-refractivity contribution in [3.63, 3.8) is 0 Å². The highest BCUT2D eigenvalue weighted by Crippen LogP contribution is 2.37. The lowest BCUT2D eigenvalue weighted by Gasteiger charge is -2.29. The molecule has 2 rings (SSSR count). The van der Waals surface area contributed by atoms with E-state index < -0.39 is 12.0 Å². The van der Waals surface area contributed by atoms with Gasteiger partial charge in [-0.3, -0.25) is 4.79 Å². The number of rotatable bonds is 4. The summed E-state index contributed by atoms with van der Waals surface area (Å²) in [6.45, 7) is 0. The third kappa shape index (κ3) is 4.19. The normalized spacial score (nSPS) is 20.4. The molecule has 1 aliphatic rings. The largest absolute Gasteiger partial charge is 0.322 e. The van der Waals surface area contributed by atoms with Crippen LogP contribution in [0.3, 0.4) is 0 Å². The van der Waals surface area contributed by atoms with Crippen LogP contribution in [0.4, 0.5) is 14.5 Å². The molecule has 110 valence electrons. The topological polar surface area (TPSA) is 80.9 Å². The Morgan fingerprint density at radius 3 is 2.60 bits per heavy atom. The average Bonchev–Trinajstić information content (AvgIpc) is 2.42. The van der Waals surface area contributed by atoms with E-state index >= 15 is 0 Å². The summed E-state index contributed by atoms with van der Waals surface area (Å²) in [4.78, 5) is 19.4. The van der Waals surface area contributed by atoms with Gasteiger partial charge in [-0.1, -0.05) is 0 Å². The monoisotopic (exact) mass is 284 g/mol. The standard InChI is InChI=1S/C13H18F2N4O/c14-13(15)3-1-9(2-4-13)5-11(16)12(20)19-10-6-17-8-18-7-10/h6-9,11H,1-5,16H2,(H,19,20)/t11-/m0/s1. The number of halogens is 2. The Morgan fingerprint density at radius 1 is 1.40 bits per heavy atom. The SMILES string of the molecule is N[C@@H](CC1CCC(F)(F)CC1)C(=O)Nc1cncnc1. The average molecular weight is 284 g/mol. The summed E-state index contributed by atoms with van der Waals surface area (Å²) < 4.78 is 26.1. The van der Waals surface area contributed by atoms with Gasteiger partial charge in [0.25, 0.3) is 0 Å². The Morgan fingerprint density at radius 2 is 2.00 bits per heavy atom. The number of amides is 1. The summed E-state index contributed by atoms with van der Waals surface area (Å²) in [6.07, 6.45) is 5.34. The number of anilines is 1. The van der Waals surface area contributed by atoms with Crippen molar-refractivity contribution < 1.29 is 13.6 Å². The lowest BCUT2D eigenvalue weighted by atomic mass is 9.83. The fourth-order valence-corrected chi connectivity index (χ4v) is 2.40. The molecule has 1 atom stereocenters. The van der Waals surface area contributed by atoms with E-state index in [4.69, 9.17) is 5.73 Å². The van der Waals surface area contributed by atoms with E-state index in [1.807, 2.05) is 0 Å². The number of hydrogen-bond donors (Lipinski definition) is 2. The molecular weight excluding hydrogens is 266 g/mol. The molecule has 1 fully saturated rings. The molecule has 1 aliphatic carbocycles. The Bertz CT molecular complexity index is 445. The molecule has 3 N–H and O–H groups in total. The van der Waals surface area contributed by atoms with E-state index in [9.17, 15) is 13.6 Å². The van der Waals surface area contributed by atoms with Gasteiger partial charge in [-0.15, -0.1) is 0 Å². The number of aromatic nitrogens is 2. The van der Waals surface area contributed by atoms with Gasteiger partial charge in [0.1, 0.15) is 6.33 Å². The minimum Gasteiger partial charge on any atom is -0.322 e. The van der Waals surface area contributed by atoms with Gasteiger partial charge in [0.15, 0.2) is 0 Å². The Labute approximate surface area is 116 Å². The maximum Gasteiger partial charge on any atom is 0.248 e. The first-order valence-electron chi connectivity index (χ1n) is 6.65. The molecule has 0 unspecified atom stereocenters. The summed E-state index contributed by atoms with van der Waals surface area (Å²) in [5.74, 6) is -2.80. The molecule has 20 heavy (non-hydrogen) atoms. The highest BCUT2D eigenvalue weighted by Gasteiger charge is 2.35. The van der Waals surface area contributed by atoms with Crippen LogP contribution in [-0.4, -0.2) is 27.8 Å². The molecule has 1 aromatic heterocycles. The fourth-order valence-electron chi connectivity index (χ4n) is 2.40. The lowest BCUT2D eigenvalue weighted by Crippen LogP contribution is -2.38. The van der Waals surface area contributed by atoms with Crippen molar-refractivity contribution in [1.29, 1.82) is 0 Å². The van der Waals surface area contributed by atoms with Crippen molar-refractivity contribution in [2.45, 2.75) is 44.1 Å². The molecule has 7 heteroatoms. The van der Waals surface area contributed by atoms with Gasteiger partial charge < -0.3 is 11.1 Å². The second-order valence-electron chi connectivity index (χ2n) is 5.26. The number of nitrogens with one attached hydrogen (secondary N) is 1. The first-order chi connectivity index (χ1) is 9.46. The first-order valence-corrected chi connectivity index (χ1v) is 6.65. The summed E-state index contributed by atoms with van der Waals surface area (Å²) in [7, 11) is 0. The third-order valence-corrected chi connectivity index (χ3v) is 3.59. The zero-order chi connectivity index (χ0) is 14.6. The highest BCUT2D eigenvalue weighted by atomic mass is 19.3. The van der Waals surface area contributed by atoms with E-state index in [0.29, 0.717) is 24.9 Å². The first kappa shape index (κ1) is 14.8. The van der Waals surface area contributed by atoms with Crippen LogP contribution in [-0.2, 0) is 4.79 Å². The molecule has 1 amide bonds. The summed E-state index contributed by atoms with van der Waals surface area (Å²) >= 11 is 0. The Kier molecular flexibility index (Phi) is 4.59. The van der Waals surface area contributed by atoms with Crippen LogP contribution in [0.25, 0.3) is 0 Å². The van der Waals surface area contributed by atoms with Crippen molar-refractivity contribution in [3.8, 4) is 0 Å². The zero-order valence-corrected chi connectivity index (χ0v) is 11.1. The minimum absolute atomic E-state index is 0.0856. The van der Waals surface area contributed by atoms with Gasteiger partial charge in [-0.25, -0.2) is 18.7 Å². The van der Waals surface area contributed by atoms with Gasteiger partial charge in [-0.2, -0.15) is 0 Å². The third-order valence-electron chi connectivity index (χ3n) is 3.59. The van der Waals surface area contributed by atoms with Crippen LogP contribution in [0.5, 0.6) is 0 Å². The van der Waals surface area contributed by atoms with E-state index in [2.05, 4.69) is 15.3 Å². The van der Waals surface area contributed by atoms with Gasteiger partial charge in [0.05, 0.1) is 24.1 Å². The summed E-state index contributed by atoms with van der Waals surface area (Å²) in [5.41, 5.74) is 6.30. The van der Waals surface area contributed by atoms with E-state index in [1.165, 1.54) is 18.7 Å². The molecule has 1 aromatic rings. The van der Waals surface area contributed by atoms with Crippen LogP contribution in [0.2, 0.25) is 0 Å². The van der Waals surface area contributed by atoms with Crippen LogP contribution < -0.4 is 11.1 Å². The van der Waals surface area contributed by atoms with Crippen LogP contribution >= 0.6 is 0 Å². The van der Waals surface area contributed by atoms with Crippen LogP contribution in [0.15, 0.2) is 18.7 Å². The number of nitrogens with zero attached hydrogens (tertiary/aromatic N) is 2. The van der Waals surface area contributed by atoms with Gasteiger partial charge in [0.2, 0.25) is 11.8 Å². The Balaban J connectivity index is 1.80. The zero-order valence-electron chi connectivity index (χ0n) is 11.1. The predicted molar refractivity (Wildman–Crippen MR) is 70.2 cm³/mol. The molecule has 1 heterocycles. The number of carbonyl (C=O) groups is 1. The molecule has 0 aliphatic heterocycles. The van der Waals surface area contributed by atoms with Crippen molar-refractivity contribution in [2.75, 3.05) is 5.32 Å². The number of hydrogen-bond acceptors (Lipinski definition) is 4. The molecule has 0 aromatic carbocycles. The molecule has 0 saturated heterocycles. The van der Waals surface area contributed by atoms with Crippen molar-refractivity contribution >= 4 is 11.6 Å². The summed E-state index contributed by atoms with van der Waals surface area (Å²) in [5, 5.41) is 2.61. The number of alkyl halides is 2. The van der Waals surface area contributed by atoms with Crippen molar-refractivity contribution in [1.82, 2.24) is 9.97 Å². The van der Waals surface area contributed by atoms with Crippen molar-refractivity contribution in [3.05, 3.63) is 18.7 Å². The molecule has 0 bridgehead atoms. The second kappa shape index (κ2) is 6.21. The molecule has 1 saturated carbocycles. The summed E-state index contributed by atoms with van der Waals surface area (Å²) in [6, 6.07) is -0.702. The molecule has 0 spiro atoms. The maximum atomic E-state index is 13.0. The van der Waals surface area contributed by atoms with Crippen molar-refractivity contribution in [2.24, 2.45) is 11.7 Å². The van der Waals surface area contributed by atoms with E-state index in [-0.39, 0.29) is 24.7 Å². The maximum absolute atomic E-state index is 13.0. The Hall–Kier alpha value is -1.63. The van der Waals surface area contributed by atoms with Crippen LogP contribution in [0.1, 0.15) is 32.1 Å². The minimum atomic E-state index is -2.55. The molecule has 0 radical (unpaired) electrons. The fraction of sp³-hybridized carbons (Fsp3) is 0.615. The van der Waals surface area contributed by atoms with Gasteiger partial charge in [-0.05, 0) is 25.2 Å². The van der Waals surface area contributed by atoms with E-state index in [0.717, 1.165) is 0 Å². The van der Waals surface area contributed by atoms with Gasteiger partial charge >= 0.3 is 0 Å². The van der Waals surface area contributed by atoms with Crippen LogP contribution in [0, 0.1) is 5.92 Å². The molecule has 5 nitrogen and oxygen atoms in total. The highest BCUT2D eigenvalue weighted by molar-refractivity contribution is 5.94. The predicted octanol–water partition coefficient (Wildman–Crippen LogP) is 1.96. The number of carbonyl (C=O) groups excluding carboxylic acids is 1. The number of nitrogens with two attached hydrogens (primary N) is 1.